The van der Waals surface area contributed by atoms with Gasteiger partial charge in [0.05, 0.1) is 6.10 Å². The molecule has 0 unspecified atom stereocenters. The van der Waals surface area contributed by atoms with Crippen LogP contribution in [-0.2, 0) is 23.4 Å². The van der Waals surface area contributed by atoms with Gasteiger partial charge in [-0.05, 0) is 32.0 Å². The average Bonchev–Trinajstić information content (AvgIpc) is 2.75. The van der Waals surface area contributed by atoms with Crippen molar-refractivity contribution in [3.05, 3.63) is 12.7 Å². The molecule has 1 aliphatic carbocycles. The molecule has 0 spiro atoms. The Morgan fingerprint density at radius 3 is 2.73 bits per heavy atom. The van der Waals surface area contributed by atoms with E-state index in [1.807, 2.05) is 13.0 Å². The maximum Gasteiger partial charge on any atom is 0.303 e. The number of hydrogen-bond donors (Lipinski definition) is 0. The number of ether oxygens (including phenoxy) is 3. The molecule has 2 bridgehead atoms. The molecule has 0 aromatic rings. The third kappa shape index (κ3) is 2.56. The van der Waals surface area contributed by atoms with Crippen LogP contribution < -0.4 is 0 Å². The second-order valence-electron chi connectivity index (χ2n) is 7.10. The Morgan fingerprint density at radius 2 is 2.14 bits per heavy atom. The molecule has 5 nitrogen and oxygen atoms in total. The largest absolute Gasteiger partial charge is 0.459 e. The lowest BCUT2D eigenvalue weighted by atomic mass is 9.65. The summed E-state index contributed by atoms with van der Waals surface area (Å²) in [7, 11) is -1.69. The van der Waals surface area contributed by atoms with Crippen LogP contribution in [0.15, 0.2) is 12.7 Å². The van der Waals surface area contributed by atoms with Crippen LogP contribution in [0.1, 0.15) is 13.8 Å². The van der Waals surface area contributed by atoms with E-state index < -0.39 is 8.32 Å². The van der Waals surface area contributed by atoms with Gasteiger partial charge < -0.3 is 18.6 Å². The van der Waals surface area contributed by atoms with Gasteiger partial charge in [-0.25, -0.2) is 0 Å². The highest BCUT2D eigenvalue weighted by Crippen LogP contribution is 2.54. The van der Waals surface area contributed by atoms with Gasteiger partial charge in [0.15, 0.2) is 14.6 Å². The van der Waals surface area contributed by atoms with Crippen LogP contribution >= 0.6 is 0 Å². The second kappa shape index (κ2) is 5.74. The molecule has 3 heterocycles. The third-order valence-electron chi connectivity index (χ3n) is 5.08. The van der Waals surface area contributed by atoms with Gasteiger partial charge in [-0.2, -0.15) is 0 Å². The summed E-state index contributed by atoms with van der Waals surface area (Å²) in [4.78, 5) is 11.5. The van der Waals surface area contributed by atoms with Crippen LogP contribution in [0.25, 0.3) is 0 Å². The lowest BCUT2D eigenvalue weighted by Gasteiger charge is -2.55. The Bertz CT molecular complexity index is 465. The molecule has 6 heteroatoms. The fourth-order valence-electron chi connectivity index (χ4n) is 4.49. The number of carbonyl (C=O) groups excluding carboxylic acids is 1. The minimum atomic E-state index is -1.69. The summed E-state index contributed by atoms with van der Waals surface area (Å²) in [6.45, 7) is 12.5. The summed E-state index contributed by atoms with van der Waals surface area (Å²) in [6, 6.07) is 1.10. The number of fused-ring (bicyclic) bond motifs is 2. The quantitative estimate of drug-likeness (QED) is 0.451. The van der Waals surface area contributed by atoms with E-state index in [4.69, 9.17) is 18.6 Å². The van der Waals surface area contributed by atoms with Crippen molar-refractivity contribution in [3.8, 4) is 0 Å². The van der Waals surface area contributed by atoms with E-state index in [2.05, 4.69) is 19.7 Å². The number of rotatable bonds is 4. The summed E-state index contributed by atoms with van der Waals surface area (Å²) in [5.41, 5.74) is 0. The van der Waals surface area contributed by atoms with Crippen LogP contribution in [0.5, 0.6) is 0 Å². The molecule has 0 amide bonds. The van der Waals surface area contributed by atoms with Crippen LogP contribution in [0.4, 0.5) is 0 Å². The molecule has 3 saturated heterocycles. The minimum Gasteiger partial charge on any atom is -0.459 e. The van der Waals surface area contributed by atoms with Crippen molar-refractivity contribution in [1.29, 1.82) is 0 Å². The molecular formula is C16H26O5Si. The molecule has 7 atom stereocenters. The highest BCUT2D eigenvalue weighted by atomic mass is 28.4. The molecule has 4 rings (SSSR count). The maximum absolute atomic E-state index is 11.5. The van der Waals surface area contributed by atoms with Crippen LogP contribution in [0, 0.1) is 17.8 Å². The summed E-state index contributed by atoms with van der Waals surface area (Å²) < 4.78 is 23.9. The molecule has 3 aliphatic heterocycles. The molecule has 4 aliphatic rings. The third-order valence-corrected chi connectivity index (χ3v) is 7.45. The highest BCUT2D eigenvalue weighted by Gasteiger charge is 2.64. The van der Waals surface area contributed by atoms with Gasteiger partial charge >= 0.3 is 5.97 Å². The summed E-state index contributed by atoms with van der Waals surface area (Å²) in [6.07, 6.45) is 1.10. The second-order valence-corrected chi connectivity index (χ2v) is 11.3. The first-order valence-corrected chi connectivity index (χ1v) is 11.2. The Labute approximate surface area is 133 Å². The van der Waals surface area contributed by atoms with E-state index in [0.29, 0.717) is 12.5 Å². The highest BCUT2D eigenvalue weighted by molar-refractivity contribution is 6.71. The Hall–Kier alpha value is -0.693. The van der Waals surface area contributed by atoms with Crippen molar-refractivity contribution in [3.63, 3.8) is 0 Å². The topological polar surface area (TPSA) is 54.0 Å². The monoisotopic (exact) mass is 326 g/mol. The van der Waals surface area contributed by atoms with E-state index >= 15 is 0 Å². The summed E-state index contributed by atoms with van der Waals surface area (Å²) >= 11 is 0. The molecule has 0 radical (unpaired) electrons. The lowest BCUT2D eigenvalue weighted by molar-refractivity contribution is -0.323. The number of hydrogen-bond acceptors (Lipinski definition) is 5. The minimum absolute atomic E-state index is 0.0175. The van der Waals surface area contributed by atoms with Crippen molar-refractivity contribution >= 4 is 14.3 Å². The summed E-state index contributed by atoms with van der Waals surface area (Å²) in [5, 5.41) is 0. The molecule has 4 fully saturated rings. The molecule has 0 aromatic carbocycles. The normalized spacial score (nSPS) is 45.4. The van der Waals surface area contributed by atoms with E-state index in [1.54, 1.807) is 0 Å². The van der Waals surface area contributed by atoms with E-state index in [-0.39, 0.29) is 42.4 Å². The van der Waals surface area contributed by atoms with Crippen LogP contribution in [0.2, 0.25) is 19.1 Å². The fraction of sp³-hybridized carbons (Fsp3) is 0.812. The first-order valence-electron chi connectivity index (χ1n) is 8.12. The van der Waals surface area contributed by atoms with Gasteiger partial charge in [-0.15, -0.1) is 6.58 Å². The standard InChI is InChI=1S/C16H26O5Si/c1-6-10-12-11-8-22(4,5)21-14(11)15(13(10)19-9(3)17)20-16(12)18-7-2/h6,10-16H,1,7-8H2,2-5H3/t10-,11+,12+,13+,14+,15-,16+/m1/s1. The SMILES string of the molecule is C=C[C@H]1[C@H](OC(C)=O)[C@H]2O[C@H](OCC)[C@@H]1[C@@H]1C[Si](C)(C)O[C@@H]12. The van der Waals surface area contributed by atoms with Gasteiger partial charge in [0.1, 0.15) is 12.2 Å². The zero-order valence-corrected chi connectivity index (χ0v) is 14.8. The van der Waals surface area contributed by atoms with Crippen molar-refractivity contribution in [1.82, 2.24) is 0 Å². The molecule has 1 saturated carbocycles. The van der Waals surface area contributed by atoms with Crippen LogP contribution in [-0.4, -0.2) is 45.5 Å². The van der Waals surface area contributed by atoms with Crippen LogP contribution in [0.3, 0.4) is 0 Å². The van der Waals surface area contributed by atoms with Gasteiger partial charge in [0.2, 0.25) is 0 Å². The number of esters is 1. The zero-order chi connectivity index (χ0) is 16.1. The van der Waals surface area contributed by atoms with E-state index in [0.717, 1.165) is 6.04 Å². The van der Waals surface area contributed by atoms with Crippen molar-refractivity contribution in [2.75, 3.05) is 6.61 Å². The van der Waals surface area contributed by atoms with Gasteiger partial charge in [0, 0.05) is 25.4 Å². The fourth-order valence-corrected chi connectivity index (χ4v) is 7.27. The summed E-state index contributed by atoms with van der Waals surface area (Å²) in [5.74, 6) is 0.330. The van der Waals surface area contributed by atoms with E-state index in [9.17, 15) is 4.79 Å². The Balaban J connectivity index is 1.94. The van der Waals surface area contributed by atoms with Gasteiger partial charge in [-0.3, -0.25) is 4.79 Å². The smallest absolute Gasteiger partial charge is 0.303 e. The van der Waals surface area contributed by atoms with Crippen molar-refractivity contribution in [2.45, 2.75) is 57.6 Å². The number of carbonyl (C=O) groups is 1. The molecule has 124 valence electrons. The van der Waals surface area contributed by atoms with Crippen molar-refractivity contribution < 1.29 is 23.4 Å². The maximum atomic E-state index is 11.5. The predicted molar refractivity (Wildman–Crippen MR) is 83.7 cm³/mol. The van der Waals surface area contributed by atoms with E-state index in [1.165, 1.54) is 6.92 Å². The molecule has 22 heavy (non-hydrogen) atoms. The van der Waals surface area contributed by atoms with Crippen molar-refractivity contribution in [2.24, 2.45) is 17.8 Å². The Kier molecular flexibility index (Phi) is 4.22. The first-order chi connectivity index (χ1) is 10.4. The lowest BCUT2D eigenvalue weighted by Crippen LogP contribution is -2.65. The Morgan fingerprint density at radius 1 is 1.41 bits per heavy atom. The van der Waals surface area contributed by atoms with Gasteiger partial charge in [-0.1, -0.05) is 6.08 Å². The zero-order valence-electron chi connectivity index (χ0n) is 13.8. The first kappa shape index (κ1) is 16.2. The predicted octanol–water partition coefficient (Wildman–Crippen LogP) is 2.33. The van der Waals surface area contributed by atoms with Gasteiger partial charge in [0.25, 0.3) is 0 Å². The molecular weight excluding hydrogens is 300 g/mol. The molecule has 0 N–H and O–H groups in total. The average molecular weight is 326 g/mol. The molecule has 0 aromatic heterocycles.